The molecule has 2 N–H and O–H groups in total. The van der Waals surface area contributed by atoms with Gasteiger partial charge in [-0.2, -0.15) is 0 Å². The van der Waals surface area contributed by atoms with E-state index < -0.39 is 0 Å². The van der Waals surface area contributed by atoms with Crippen molar-refractivity contribution in [2.45, 2.75) is 0 Å². The summed E-state index contributed by atoms with van der Waals surface area (Å²) in [7, 11) is 0. The van der Waals surface area contributed by atoms with E-state index in [2.05, 4.69) is 10.9 Å². The molecule has 14 heavy (non-hydrogen) atoms. The Balaban J connectivity index is 2.47. The molecule has 0 saturated carbocycles. The van der Waals surface area contributed by atoms with Gasteiger partial charge in [0.1, 0.15) is 0 Å². The highest BCUT2D eigenvalue weighted by Crippen LogP contribution is 2.21. The van der Waals surface area contributed by atoms with Crippen molar-refractivity contribution in [2.24, 2.45) is 0 Å². The molecule has 1 aromatic carbocycles. The van der Waals surface area contributed by atoms with Gasteiger partial charge in [0, 0.05) is 11.1 Å². The minimum absolute atomic E-state index is 0.158. The predicted molar refractivity (Wildman–Crippen MR) is 54.3 cm³/mol. The van der Waals surface area contributed by atoms with Crippen LogP contribution in [0.3, 0.4) is 0 Å². The van der Waals surface area contributed by atoms with Crippen LogP contribution in [0.5, 0.6) is 0 Å². The summed E-state index contributed by atoms with van der Waals surface area (Å²) in [6.07, 6.45) is 6.86. The molecule has 0 radical (unpaired) electrons. The van der Waals surface area contributed by atoms with Crippen LogP contribution in [0.2, 0.25) is 0 Å². The number of nitrogens with zero attached hydrogens (tertiary/aromatic N) is 1. The third-order valence-corrected chi connectivity index (χ3v) is 1.84. The number of hydrogen-bond acceptors (Lipinski definition) is 3. The van der Waals surface area contributed by atoms with Crippen molar-refractivity contribution >= 4 is 6.01 Å². The molecule has 0 bridgehead atoms. The highest BCUT2D eigenvalue weighted by atomic mass is 16.4. The highest BCUT2D eigenvalue weighted by Gasteiger charge is 2.03. The van der Waals surface area contributed by atoms with Gasteiger partial charge in [0.05, 0.1) is 6.20 Å². The molecule has 0 atom stereocenters. The third-order valence-electron chi connectivity index (χ3n) is 1.84. The van der Waals surface area contributed by atoms with Crippen LogP contribution >= 0.6 is 0 Å². The summed E-state index contributed by atoms with van der Waals surface area (Å²) in [5, 5.41) is 0. The maximum Gasteiger partial charge on any atom is 0.292 e. The second-order valence-electron chi connectivity index (χ2n) is 2.79. The Bertz CT molecular complexity index is 494. The fraction of sp³-hybridized carbons (Fsp3) is 0. The Morgan fingerprint density at radius 2 is 2.29 bits per heavy atom. The lowest BCUT2D eigenvalue weighted by molar-refractivity contribution is 0.595. The van der Waals surface area contributed by atoms with Crippen molar-refractivity contribution in [2.75, 3.05) is 5.73 Å². The zero-order valence-corrected chi connectivity index (χ0v) is 7.40. The number of aromatic nitrogens is 1. The fourth-order valence-electron chi connectivity index (χ4n) is 1.18. The molecule has 3 nitrogen and oxygen atoms in total. The summed E-state index contributed by atoms with van der Waals surface area (Å²) in [6.45, 7) is 0. The molecule has 68 valence electrons. The second-order valence-corrected chi connectivity index (χ2v) is 2.79. The molecule has 0 amide bonds. The van der Waals surface area contributed by atoms with Gasteiger partial charge >= 0.3 is 0 Å². The Hall–Kier alpha value is -2.21. The van der Waals surface area contributed by atoms with Crippen LogP contribution in [0.15, 0.2) is 34.9 Å². The molecule has 2 aromatic rings. The fourth-order valence-corrected chi connectivity index (χ4v) is 1.18. The Labute approximate surface area is 81.6 Å². The lowest BCUT2D eigenvalue weighted by Crippen LogP contribution is -1.80. The quantitative estimate of drug-likeness (QED) is 0.688. The zero-order valence-electron chi connectivity index (χ0n) is 7.40. The van der Waals surface area contributed by atoms with E-state index in [1.54, 1.807) is 6.20 Å². The number of rotatable bonds is 1. The number of hydrogen-bond donors (Lipinski definition) is 1. The Kier molecular flexibility index (Phi) is 1.96. The van der Waals surface area contributed by atoms with E-state index in [4.69, 9.17) is 16.6 Å². The lowest BCUT2D eigenvalue weighted by Gasteiger charge is -1.96. The van der Waals surface area contributed by atoms with Crippen LogP contribution in [0.4, 0.5) is 6.01 Å². The largest absolute Gasteiger partial charge is 0.424 e. The number of anilines is 1. The topological polar surface area (TPSA) is 52.0 Å². The van der Waals surface area contributed by atoms with E-state index in [-0.39, 0.29) is 6.01 Å². The normalized spacial score (nSPS) is 9.64. The zero-order chi connectivity index (χ0) is 9.97. The molecule has 0 aliphatic heterocycles. The number of benzene rings is 1. The van der Waals surface area contributed by atoms with Gasteiger partial charge in [-0.3, -0.25) is 0 Å². The number of nitrogens with two attached hydrogens (primary N) is 1. The van der Waals surface area contributed by atoms with E-state index in [1.807, 2.05) is 24.3 Å². The number of oxazole rings is 1. The van der Waals surface area contributed by atoms with Crippen LogP contribution in [-0.4, -0.2) is 4.98 Å². The van der Waals surface area contributed by atoms with Crippen molar-refractivity contribution in [3.05, 3.63) is 36.0 Å². The monoisotopic (exact) mass is 184 g/mol. The van der Waals surface area contributed by atoms with E-state index in [0.717, 1.165) is 11.1 Å². The van der Waals surface area contributed by atoms with Gasteiger partial charge in [0.2, 0.25) is 0 Å². The average Bonchev–Trinajstić information content (AvgIpc) is 2.65. The summed E-state index contributed by atoms with van der Waals surface area (Å²) in [6, 6.07) is 7.61. The minimum atomic E-state index is 0.158. The van der Waals surface area contributed by atoms with Crippen LogP contribution in [0.1, 0.15) is 5.56 Å². The molecule has 0 saturated heterocycles. The van der Waals surface area contributed by atoms with Crippen LogP contribution < -0.4 is 5.73 Å². The van der Waals surface area contributed by atoms with Gasteiger partial charge < -0.3 is 10.2 Å². The van der Waals surface area contributed by atoms with Crippen molar-refractivity contribution < 1.29 is 4.42 Å². The SMILES string of the molecule is C#Cc1cccc(-c2cnc(N)o2)c1. The third kappa shape index (κ3) is 1.46. The number of terminal acetylenes is 1. The van der Waals surface area contributed by atoms with Gasteiger partial charge in [0.25, 0.3) is 6.01 Å². The minimum Gasteiger partial charge on any atom is -0.424 e. The first-order valence-electron chi connectivity index (χ1n) is 4.08. The Morgan fingerprint density at radius 1 is 1.43 bits per heavy atom. The standard InChI is InChI=1S/C11H8N2O/c1-2-8-4-3-5-9(6-8)10-7-13-11(12)14-10/h1,3-7H,(H2,12,13). The van der Waals surface area contributed by atoms with E-state index in [0.29, 0.717) is 5.76 Å². The van der Waals surface area contributed by atoms with Crippen LogP contribution in [-0.2, 0) is 0 Å². The molecule has 1 heterocycles. The van der Waals surface area contributed by atoms with Crippen molar-refractivity contribution in [3.63, 3.8) is 0 Å². The van der Waals surface area contributed by atoms with E-state index >= 15 is 0 Å². The van der Waals surface area contributed by atoms with E-state index in [1.165, 1.54) is 0 Å². The Morgan fingerprint density at radius 3 is 2.93 bits per heavy atom. The molecule has 0 aliphatic carbocycles. The lowest BCUT2D eigenvalue weighted by atomic mass is 10.1. The average molecular weight is 184 g/mol. The van der Waals surface area contributed by atoms with Crippen molar-refractivity contribution in [1.29, 1.82) is 0 Å². The summed E-state index contributed by atoms with van der Waals surface area (Å²) in [5.41, 5.74) is 7.05. The highest BCUT2D eigenvalue weighted by molar-refractivity contribution is 5.59. The van der Waals surface area contributed by atoms with Gasteiger partial charge in [-0.25, -0.2) is 4.98 Å². The summed E-state index contributed by atoms with van der Waals surface area (Å²) < 4.78 is 5.17. The molecule has 2 rings (SSSR count). The second kappa shape index (κ2) is 3.27. The van der Waals surface area contributed by atoms with Crippen molar-refractivity contribution in [1.82, 2.24) is 4.98 Å². The molecule has 0 spiro atoms. The molecule has 0 aliphatic rings. The molecule has 3 heteroatoms. The maximum atomic E-state index is 5.37. The molecular formula is C11H8N2O. The van der Waals surface area contributed by atoms with Crippen molar-refractivity contribution in [3.8, 4) is 23.7 Å². The molecule has 1 aromatic heterocycles. The van der Waals surface area contributed by atoms with Gasteiger partial charge in [-0.05, 0) is 12.1 Å². The molecule has 0 unspecified atom stereocenters. The smallest absolute Gasteiger partial charge is 0.292 e. The summed E-state index contributed by atoms with van der Waals surface area (Å²) in [5.74, 6) is 3.18. The van der Waals surface area contributed by atoms with E-state index in [9.17, 15) is 0 Å². The predicted octanol–water partition coefficient (Wildman–Crippen LogP) is 1.91. The first kappa shape index (κ1) is 8.39. The van der Waals surface area contributed by atoms with Crippen LogP contribution in [0, 0.1) is 12.3 Å². The van der Waals surface area contributed by atoms with Crippen LogP contribution in [0.25, 0.3) is 11.3 Å². The maximum absolute atomic E-state index is 5.37. The summed E-state index contributed by atoms with van der Waals surface area (Å²) >= 11 is 0. The molecular weight excluding hydrogens is 176 g/mol. The molecule has 0 fully saturated rings. The summed E-state index contributed by atoms with van der Waals surface area (Å²) in [4.78, 5) is 3.81. The van der Waals surface area contributed by atoms with Gasteiger partial charge in [-0.1, -0.05) is 18.1 Å². The van der Waals surface area contributed by atoms with Gasteiger partial charge in [-0.15, -0.1) is 6.42 Å². The number of nitrogen functional groups attached to an aromatic ring is 1. The van der Waals surface area contributed by atoms with Gasteiger partial charge in [0.15, 0.2) is 5.76 Å². The first-order chi connectivity index (χ1) is 6.79. The first-order valence-corrected chi connectivity index (χ1v) is 4.08.